The number of alkyl halides is 3. The smallest absolute Gasteiger partial charge is 0.417 e. The molecule has 0 saturated carbocycles. The van der Waals surface area contributed by atoms with Gasteiger partial charge >= 0.3 is 11.4 Å². The summed E-state index contributed by atoms with van der Waals surface area (Å²) in [6.07, 6.45) is 0. The Balaban J connectivity index is 2.59. The van der Waals surface area contributed by atoms with Crippen LogP contribution in [0.5, 0.6) is 0 Å². The predicted octanol–water partition coefficient (Wildman–Crippen LogP) is 2.47. The molecule has 0 bridgehead atoms. The van der Waals surface area contributed by atoms with Gasteiger partial charge in [0.2, 0.25) is 0 Å². The van der Waals surface area contributed by atoms with Gasteiger partial charge in [-0.05, 0) is 29.3 Å². The first kappa shape index (κ1) is 13.3. The molecule has 1 aromatic carbocycles. The van der Waals surface area contributed by atoms with Crippen LogP contribution in [0.2, 0.25) is 0 Å². The van der Waals surface area contributed by atoms with Crippen molar-refractivity contribution in [3.05, 3.63) is 39.9 Å². The second-order valence-electron chi connectivity index (χ2n) is 3.00. The lowest BCUT2D eigenvalue weighted by Crippen LogP contribution is -2.23. The Labute approximate surface area is 99.1 Å². The first-order chi connectivity index (χ1) is 7.80. The average molecular weight is 266 g/mol. The minimum atomic E-state index is -4.07. The van der Waals surface area contributed by atoms with Crippen LogP contribution in [0.3, 0.4) is 0 Å². The van der Waals surface area contributed by atoms with Gasteiger partial charge in [0.1, 0.15) is 6.61 Å². The molecule has 0 aromatic heterocycles. The second-order valence-corrected chi connectivity index (χ2v) is 3.47. The molecular formula is C9H6ClF2NO4. The normalized spacial score (nSPS) is 11.0. The molecule has 1 aromatic rings. The van der Waals surface area contributed by atoms with Gasteiger partial charge in [0, 0.05) is 12.1 Å². The van der Waals surface area contributed by atoms with Crippen LogP contribution in [-0.4, -0.2) is 16.3 Å². The average Bonchev–Trinajstić information content (AvgIpc) is 2.25. The van der Waals surface area contributed by atoms with Crippen LogP contribution in [0.25, 0.3) is 0 Å². The molecule has 0 spiro atoms. The van der Waals surface area contributed by atoms with Gasteiger partial charge in [-0.3, -0.25) is 10.1 Å². The Morgan fingerprint density at radius 2 is 1.94 bits per heavy atom. The van der Waals surface area contributed by atoms with Crippen molar-refractivity contribution in [3.63, 3.8) is 0 Å². The van der Waals surface area contributed by atoms with Gasteiger partial charge in [-0.1, -0.05) is 0 Å². The van der Waals surface area contributed by atoms with E-state index < -0.39 is 22.9 Å². The zero-order valence-corrected chi connectivity index (χ0v) is 8.99. The lowest BCUT2D eigenvalue weighted by Gasteiger charge is -2.07. The van der Waals surface area contributed by atoms with Gasteiger partial charge in [0.15, 0.2) is 0 Å². The molecule has 0 fully saturated rings. The van der Waals surface area contributed by atoms with E-state index in [9.17, 15) is 23.7 Å². The Bertz CT molecular complexity index is 430. The summed E-state index contributed by atoms with van der Waals surface area (Å²) in [6.45, 7) is -0.431. The largest absolute Gasteiger partial charge is 0.455 e. The summed E-state index contributed by atoms with van der Waals surface area (Å²) >= 11 is 4.42. The van der Waals surface area contributed by atoms with Crippen molar-refractivity contribution >= 4 is 23.3 Å². The molecular weight excluding hydrogens is 260 g/mol. The summed E-state index contributed by atoms with van der Waals surface area (Å²) in [6, 6.07) is 4.92. The van der Waals surface area contributed by atoms with Crippen molar-refractivity contribution in [2.45, 2.75) is 12.0 Å². The van der Waals surface area contributed by atoms with E-state index in [1.807, 2.05) is 0 Å². The zero-order valence-electron chi connectivity index (χ0n) is 8.23. The van der Waals surface area contributed by atoms with Gasteiger partial charge in [-0.2, -0.15) is 8.78 Å². The Hall–Kier alpha value is -1.76. The third-order valence-corrected chi connectivity index (χ3v) is 1.90. The minimum absolute atomic E-state index is 0.150. The molecule has 5 nitrogen and oxygen atoms in total. The fourth-order valence-corrected chi connectivity index (χ4v) is 0.999. The van der Waals surface area contributed by atoms with Gasteiger partial charge in [0.05, 0.1) is 4.92 Å². The van der Waals surface area contributed by atoms with E-state index in [2.05, 4.69) is 16.3 Å². The van der Waals surface area contributed by atoms with E-state index in [0.29, 0.717) is 5.56 Å². The van der Waals surface area contributed by atoms with Crippen molar-refractivity contribution in [1.29, 1.82) is 0 Å². The minimum Gasteiger partial charge on any atom is -0.455 e. The first-order valence-corrected chi connectivity index (χ1v) is 4.66. The van der Waals surface area contributed by atoms with Gasteiger partial charge < -0.3 is 4.74 Å². The van der Waals surface area contributed by atoms with E-state index in [1.54, 1.807) is 0 Å². The molecule has 8 heteroatoms. The van der Waals surface area contributed by atoms with E-state index in [1.165, 1.54) is 24.3 Å². The first-order valence-electron chi connectivity index (χ1n) is 4.28. The van der Waals surface area contributed by atoms with E-state index >= 15 is 0 Å². The monoisotopic (exact) mass is 265 g/mol. The zero-order chi connectivity index (χ0) is 13.1. The molecule has 92 valence electrons. The Morgan fingerprint density at radius 1 is 1.41 bits per heavy atom. The maximum absolute atomic E-state index is 12.2. The molecule has 0 N–H and O–H groups in total. The number of hydrogen-bond acceptors (Lipinski definition) is 4. The van der Waals surface area contributed by atoms with Crippen LogP contribution in [0.4, 0.5) is 14.5 Å². The predicted molar refractivity (Wildman–Crippen MR) is 53.7 cm³/mol. The molecule has 0 unspecified atom stereocenters. The van der Waals surface area contributed by atoms with E-state index in [0.717, 1.165) is 0 Å². The number of non-ortho nitro benzene ring substituents is 1. The summed E-state index contributed by atoms with van der Waals surface area (Å²) in [4.78, 5) is 20.3. The van der Waals surface area contributed by atoms with Gasteiger partial charge in [-0.25, -0.2) is 4.79 Å². The highest BCUT2D eigenvalue weighted by molar-refractivity contribution is 6.31. The van der Waals surface area contributed by atoms with Crippen LogP contribution >= 0.6 is 11.6 Å². The number of esters is 1. The van der Waals surface area contributed by atoms with Crippen LogP contribution in [0.15, 0.2) is 24.3 Å². The molecule has 0 amide bonds. The number of benzene rings is 1. The summed E-state index contributed by atoms with van der Waals surface area (Å²) in [7, 11) is 0. The third kappa shape index (κ3) is 3.95. The fourth-order valence-electron chi connectivity index (χ4n) is 0.945. The summed E-state index contributed by atoms with van der Waals surface area (Å²) in [5.74, 6) is -1.86. The lowest BCUT2D eigenvalue weighted by molar-refractivity contribution is -0.384. The third-order valence-electron chi connectivity index (χ3n) is 1.75. The molecule has 0 heterocycles. The Kier molecular flexibility index (Phi) is 3.95. The van der Waals surface area contributed by atoms with Crippen molar-refractivity contribution < 1.29 is 23.2 Å². The number of ether oxygens (including phenoxy) is 1. The molecule has 1 rings (SSSR count). The summed E-state index contributed by atoms with van der Waals surface area (Å²) in [5.41, 5.74) is 0.188. The fraction of sp³-hybridized carbons (Fsp3) is 0.222. The van der Waals surface area contributed by atoms with Crippen molar-refractivity contribution in [2.75, 3.05) is 0 Å². The van der Waals surface area contributed by atoms with Crippen LogP contribution in [0.1, 0.15) is 5.56 Å². The van der Waals surface area contributed by atoms with Crippen molar-refractivity contribution in [3.8, 4) is 0 Å². The maximum Gasteiger partial charge on any atom is 0.417 e. The van der Waals surface area contributed by atoms with Gasteiger partial charge in [-0.15, -0.1) is 0 Å². The second kappa shape index (κ2) is 5.05. The number of nitro groups is 1. The number of halogens is 3. The number of rotatable bonds is 4. The Morgan fingerprint density at radius 3 is 2.35 bits per heavy atom. The highest BCUT2D eigenvalue weighted by atomic mass is 35.5. The molecule has 17 heavy (non-hydrogen) atoms. The van der Waals surface area contributed by atoms with Gasteiger partial charge in [0.25, 0.3) is 5.69 Å². The highest BCUT2D eigenvalue weighted by Crippen LogP contribution is 2.21. The van der Waals surface area contributed by atoms with Crippen LogP contribution in [-0.2, 0) is 16.1 Å². The lowest BCUT2D eigenvalue weighted by atomic mass is 10.2. The van der Waals surface area contributed by atoms with Crippen molar-refractivity contribution in [1.82, 2.24) is 0 Å². The molecule has 0 atom stereocenters. The number of carbonyl (C=O) groups excluding carboxylic acids is 1. The van der Waals surface area contributed by atoms with Crippen LogP contribution in [0, 0.1) is 10.1 Å². The number of nitrogens with zero attached hydrogens (tertiary/aromatic N) is 1. The number of nitro benzene ring substituents is 1. The molecule has 0 saturated heterocycles. The van der Waals surface area contributed by atoms with E-state index in [4.69, 9.17) is 0 Å². The standard InChI is InChI=1S/C9H6ClF2NO4/c10-9(11,12)8(14)17-5-6-1-3-7(4-2-6)13(15)16/h1-4H,5H2. The van der Waals surface area contributed by atoms with Crippen molar-refractivity contribution in [2.24, 2.45) is 0 Å². The summed E-state index contributed by atoms with van der Waals surface area (Å²) < 4.78 is 28.6. The highest BCUT2D eigenvalue weighted by Gasteiger charge is 2.37. The van der Waals surface area contributed by atoms with Crippen LogP contribution < -0.4 is 0 Å². The molecule has 0 aliphatic rings. The maximum atomic E-state index is 12.2. The molecule has 0 aliphatic heterocycles. The number of hydrogen-bond donors (Lipinski definition) is 0. The topological polar surface area (TPSA) is 69.4 Å². The quantitative estimate of drug-likeness (QED) is 0.363. The van der Waals surface area contributed by atoms with E-state index in [-0.39, 0.29) is 5.69 Å². The number of carbonyl (C=O) groups is 1. The molecule has 0 aliphatic carbocycles. The molecule has 0 radical (unpaired) electrons. The SMILES string of the molecule is O=C(OCc1ccc([N+](=O)[O-])cc1)C(F)(F)Cl. The summed E-state index contributed by atoms with van der Waals surface area (Å²) in [5, 5.41) is 6.24.